The molecule has 3 atom stereocenters. The molecule has 1 aliphatic heterocycles. The summed E-state index contributed by atoms with van der Waals surface area (Å²) in [5, 5.41) is 11.9. The van der Waals surface area contributed by atoms with Gasteiger partial charge in [-0.25, -0.2) is 4.79 Å². The van der Waals surface area contributed by atoms with Crippen LogP contribution in [0.4, 0.5) is 4.79 Å². The van der Waals surface area contributed by atoms with E-state index < -0.39 is 18.1 Å². The number of hydrogen-bond donors (Lipinski definition) is 2. The summed E-state index contributed by atoms with van der Waals surface area (Å²) in [5.74, 6) is -1.22. The number of amides is 2. The van der Waals surface area contributed by atoms with Gasteiger partial charge in [0.1, 0.15) is 12.6 Å². The molecule has 0 radical (unpaired) electrons. The van der Waals surface area contributed by atoms with E-state index in [0.29, 0.717) is 13.1 Å². The Bertz CT molecular complexity index is 1040. The van der Waals surface area contributed by atoms with Gasteiger partial charge in [-0.2, -0.15) is 0 Å². The zero-order valence-corrected chi connectivity index (χ0v) is 19.9. The Morgan fingerprint density at radius 2 is 1.62 bits per heavy atom. The third kappa shape index (κ3) is 4.79. The molecule has 2 aliphatic rings. The number of benzene rings is 2. The van der Waals surface area contributed by atoms with E-state index in [-0.39, 0.29) is 42.6 Å². The number of carboxylic acids is 1. The van der Waals surface area contributed by atoms with Crippen LogP contribution in [0.3, 0.4) is 0 Å². The molecule has 2 amide bonds. The van der Waals surface area contributed by atoms with Gasteiger partial charge >= 0.3 is 12.1 Å². The minimum absolute atomic E-state index is 0.0388. The van der Waals surface area contributed by atoms with Crippen molar-refractivity contribution in [2.45, 2.75) is 39.2 Å². The number of aliphatic carboxylic acids is 1. The summed E-state index contributed by atoms with van der Waals surface area (Å²) in [6, 6.07) is 15.5. The molecule has 7 nitrogen and oxygen atoms in total. The molecule has 0 aromatic heterocycles. The van der Waals surface area contributed by atoms with Gasteiger partial charge in [-0.05, 0) is 40.0 Å². The highest BCUT2D eigenvalue weighted by Crippen LogP contribution is 2.44. The lowest BCUT2D eigenvalue weighted by atomic mass is 9.95. The molecule has 2 aromatic rings. The van der Waals surface area contributed by atoms with E-state index in [1.807, 2.05) is 45.0 Å². The Balaban J connectivity index is 1.40. The molecule has 4 rings (SSSR count). The number of carbonyl (C=O) groups is 3. The van der Waals surface area contributed by atoms with E-state index in [9.17, 15) is 14.4 Å². The molecule has 1 fully saturated rings. The third-order valence-electron chi connectivity index (χ3n) is 7.07. The van der Waals surface area contributed by atoms with Crippen molar-refractivity contribution in [1.82, 2.24) is 10.2 Å². The van der Waals surface area contributed by atoms with Crippen molar-refractivity contribution in [1.29, 1.82) is 0 Å². The number of nitrogens with one attached hydrogen (secondary N) is 1. The van der Waals surface area contributed by atoms with Crippen molar-refractivity contribution in [3.8, 4) is 11.1 Å². The van der Waals surface area contributed by atoms with E-state index in [2.05, 4.69) is 29.6 Å². The molecule has 0 spiro atoms. The second kappa shape index (κ2) is 9.87. The van der Waals surface area contributed by atoms with Gasteiger partial charge in [0.15, 0.2) is 0 Å². The van der Waals surface area contributed by atoms with Gasteiger partial charge in [-0.1, -0.05) is 69.3 Å². The fourth-order valence-corrected chi connectivity index (χ4v) is 5.18. The smallest absolute Gasteiger partial charge is 0.407 e. The van der Waals surface area contributed by atoms with Crippen LogP contribution in [0.1, 0.15) is 44.2 Å². The Kier molecular flexibility index (Phi) is 6.91. The summed E-state index contributed by atoms with van der Waals surface area (Å²) >= 11 is 0. The molecule has 0 saturated carbocycles. The van der Waals surface area contributed by atoms with Crippen LogP contribution in [-0.2, 0) is 14.3 Å². The molecule has 0 unspecified atom stereocenters. The SMILES string of the molecule is CC(C)[C@@H](NC(=O)OCC1c2ccccc2-c2ccccc21)C(=O)N1C[C@@H](CC(=O)O)[C@H](C)C1. The van der Waals surface area contributed by atoms with Gasteiger partial charge in [0, 0.05) is 19.0 Å². The maximum Gasteiger partial charge on any atom is 0.407 e. The Morgan fingerprint density at radius 3 is 2.18 bits per heavy atom. The van der Waals surface area contributed by atoms with Gasteiger partial charge < -0.3 is 20.1 Å². The number of nitrogens with zero attached hydrogens (tertiary/aromatic N) is 1. The Labute approximate surface area is 200 Å². The van der Waals surface area contributed by atoms with Crippen LogP contribution in [0.2, 0.25) is 0 Å². The minimum atomic E-state index is -0.858. The summed E-state index contributed by atoms with van der Waals surface area (Å²) in [4.78, 5) is 38.7. The molecule has 1 aliphatic carbocycles. The van der Waals surface area contributed by atoms with Crippen LogP contribution in [-0.4, -0.2) is 53.7 Å². The second-order valence-corrected chi connectivity index (χ2v) is 9.77. The molecular weight excluding hydrogens is 432 g/mol. The standard InChI is InChI=1S/C27H32N2O5/c1-16(2)25(26(32)29-13-17(3)18(14-29)12-24(30)31)28-27(33)34-15-23-21-10-6-4-8-19(21)20-9-5-7-11-22(20)23/h4-11,16-18,23,25H,12-15H2,1-3H3,(H,28,33)(H,30,31)/t17-,18-,25-/m1/s1. The minimum Gasteiger partial charge on any atom is -0.481 e. The van der Waals surface area contributed by atoms with E-state index >= 15 is 0 Å². The Morgan fingerprint density at radius 1 is 1.03 bits per heavy atom. The van der Waals surface area contributed by atoms with Crippen LogP contribution in [0, 0.1) is 17.8 Å². The van der Waals surface area contributed by atoms with Gasteiger partial charge in [-0.3, -0.25) is 9.59 Å². The predicted molar refractivity (Wildman–Crippen MR) is 128 cm³/mol. The highest BCUT2D eigenvalue weighted by Gasteiger charge is 2.38. The monoisotopic (exact) mass is 464 g/mol. The second-order valence-electron chi connectivity index (χ2n) is 9.77. The fourth-order valence-electron chi connectivity index (χ4n) is 5.18. The van der Waals surface area contributed by atoms with E-state index in [4.69, 9.17) is 9.84 Å². The topological polar surface area (TPSA) is 95.9 Å². The van der Waals surface area contributed by atoms with Gasteiger partial charge in [0.2, 0.25) is 5.91 Å². The maximum atomic E-state index is 13.2. The van der Waals surface area contributed by atoms with E-state index in [1.165, 1.54) is 0 Å². The van der Waals surface area contributed by atoms with E-state index in [1.54, 1.807) is 4.90 Å². The zero-order chi connectivity index (χ0) is 24.4. The summed E-state index contributed by atoms with van der Waals surface area (Å²) < 4.78 is 5.63. The van der Waals surface area contributed by atoms with Crippen molar-refractivity contribution in [3.63, 3.8) is 0 Å². The number of rotatable bonds is 7. The zero-order valence-electron chi connectivity index (χ0n) is 19.9. The number of hydrogen-bond acceptors (Lipinski definition) is 4. The molecule has 34 heavy (non-hydrogen) atoms. The number of alkyl carbamates (subject to hydrolysis) is 1. The first-order valence-electron chi connectivity index (χ1n) is 11.9. The quantitative estimate of drug-likeness (QED) is 0.643. The lowest BCUT2D eigenvalue weighted by Crippen LogP contribution is -2.51. The van der Waals surface area contributed by atoms with Crippen LogP contribution in [0.25, 0.3) is 11.1 Å². The molecule has 180 valence electrons. The van der Waals surface area contributed by atoms with Crippen molar-refractivity contribution >= 4 is 18.0 Å². The molecule has 7 heteroatoms. The average molecular weight is 465 g/mol. The van der Waals surface area contributed by atoms with Gasteiger partial charge in [-0.15, -0.1) is 0 Å². The number of fused-ring (bicyclic) bond motifs is 3. The molecule has 1 saturated heterocycles. The third-order valence-corrected chi connectivity index (χ3v) is 7.07. The normalized spacial score (nSPS) is 20.1. The summed E-state index contributed by atoms with van der Waals surface area (Å²) in [6.45, 7) is 6.78. The number of carboxylic acid groups (broad SMARTS) is 1. The van der Waals surface area contributed by atoms with Crippen molar-refractivity contribution < 1.29 is 24.2 Å². The highest BCUT2D eigenvalue weighted by molar-refractivity contribution is 5.86. The maximum absolute atomic E-state index is 13.2. The number of carbonyl (C=O) groups excluding carboxylic acids is 2. The van der Waals surface area contributed by atoms with Crippen molar-refractivity contribution in [3.05, 3.63) is 59.7 Å². The molecule has 2 aromatic carbocycles. The molecule has 2 N–H and O–H groups in total. The summed E-state index contributed by atoms with van der Waals surface area (Å²) in [6.07, 6.45) is -0.583. The first-order chi connectivity index (χ1) is 16.3. The van der Waals surface area contributed by atoms with E-state index in [0.717, 1.165) is 22.3 Å². The number of ether oxygens (including phenoxy) is 1. The van der Waals surface area contributed by atoms with Crippen LogP contribution in [0.15, 0.2) is 48.5 Å². The summed E-state index contributed by atoms with van der Waals surface area (Å²) in [7, 11) is 0. The van der Waals surface area contributed by atoms with Gasteiger partial charge in [0.25, 0.3) is 0 Å². The van der Waals surface area contributed by atoms with Crippen LogP contribution < -0.4 is 5.32 Å². The lowest BCUT2D eigenvalue weighted by Gasteiger charge is -2.27. The van der Waals surface area contributed by atoms with Crippen LogP contribution in [0.5, 0.6) is 0 Å². The lowest BCUT2D eigenvalue weighted by molar-refractivity contribution is -0.139. The van der Waals surface area contributed by atoms with Crippen molar-refractivity contribution in [2.75, 3.05) is 19.7 Å². The molecule has 0 bridgehead atoms. The predicted octanol–water partition coefficient (Wildman–Crippen LogP) is 4.12. The molecular formula is C27H32N2O5. The first kappa shape index (κ1) is 23.8. The van der Waals surface area contributed by atoms with Crippen LogP contribution >= 0.6 is 0 Å². The fraction of sp³-hybridized carbons (Fsp3) is 0.444. The highest BCUT2D eigenvalue weighted by atomic mass is 16.5. The Hall–Kier alpha value is -3.35. The first-order valence-corrected chi connectivity index (χ1v) is 11.9. The number of likely N-dealkylation sites (tertiary alicyclic amines) is 1. The van der Waals surface area contributed by atoms with Crippen molar-refractivity contribution in [2.24, 2.45) is 17.8 Å². The average Bonchev–Trinajstić information content (AvgIpc) is 3.32. The largest absolute Gasteiger partial charge is 0.481 e. The molecule has 1 heterocycles. The van der Waals surface area contributed by atoms with Gasteiger partial charge in [0.05, 0.1) is 6.42 Å². The summed E-state index contributed by atoms with van der Waals surface area (Å²) in [5.41, 5.74) is 4.56.